The van der Waals surface area contributed by atoms with E-state index >= 15 is 0 Å². The van der Waals surface area contributed by atoms with Gasteiger partial charge in [-0.1, -0.05) is 18.9 Å². The number of benzene rings is 1. The largest absolute Gasteiger partial charge is 0.423 e. The Morgan fingerprint density at radius 1 is 1.43 bits per heavy atom. The zero-order valence-corrected chi connectivity index (χ0v) is 11.5. The molecule has 0 aliphatic heterocycles. The number of nitro benzene ring substituents is 1. The lowest BCUT2D eigenvalue weighted by atomic mass is 9.87. The minimum atomic E-state index is -0.471. The maximum absolute atomic E-state index is 11.0. The van der Waals surface area contributed by atoms with Crippen LogP contribution in [0.2, 0.25) is 0 Å². The second-order valence-electron chi connectivity index (χ2n) is 5.62. The number of nitro groups is 1. The summed E-state index contributed by atoms with van der Waals surface area (Å²) in [5.74, 6) is 0. The maximum Gasteiger partial charge on any atom is 0.298 e. The van der Waals surface area contributed by atoms with Crippen LogP contribution in [0.5, 0.6) is 0 Å². The van der Waals surface area contributed by atoms with E-state index in [4.69, 9.17) is 4.42 Å². The minimum absolute atomic E-state index is 0.0676. The van der Waals surface area contributed by atoms with Crippen molar-refractivity contribution in [3.05, 3.63) is 28.3 Å². The van der Waals surface area contributed by atoms with Gasteiger partial charge in [-0.05, 0) is 18.9 Å². The molecule has 3 rings (SSSR count). The molecule has 0 atom stereocenters. The van der Waals surface area contributed by atoms with Crippen molar-refractivity contribution in [3.8, 4) is 0 Å². The molecule has 2 aromatic rings. The highest BCUT2D eigenvalue weighted by atomic mass is 16.6. The molecule has 1 heterocycles. The Balaban J connectivity index is 1.82. The van der Waals surface area contributed by atoms with E-state index in [9.17, 15) is 15.2 Å². The minimum Gasteiger partial charge on any atom is -0.423 e. The number of non-ortho nitro benzene ring substituents is 1. The van der Waals surface area contributed by atoms with Crippen molar-refractivity contribution in [3.63, 3.8) is 0 Å². The Bertz CT molecular complexity index is 661. The van der Waals surface area contributed by atoms with Crippen molar-refractivity contribution in [1.82, 2.24) is 4.98 Å². The third-order valence-corrected chi connectivity index (χ3v) is 4.21. The second-order valence-corrected chi connectivity index (χ2v) is 5.62. The average Bonchev–Trinajstić information content (AvgIpc) is 3.11. The summed E-state index contributed by atoms with van der Waals surface area (Å²) >= 11 is 0. The van der Waals surface area contributed by atoms with Gasteiger partial charge in [-0.3, -0.25) is 10.1 Å². The quantitative estimate of drug-likeness (QED) is 0.648. The number of nitrogens with one attached hydrogen (secondary N) is 1. The molecule has 0 unspecified atom stereocenters. The predicted molar refractivity (Wildman–Crippen MR) is 77.1 cm³/mol. The number of hydrogen-bond acceptors (Lipinski definition) is 6. The highest BCUT2D eigenvalue weighted by Gasteiger charge is 2.33. The maximum atomic E-state index is 11.0. The zero-order chi connectivity index (χ0) is 14.9. The van der Waals surface area contributed by atoms with E-state index in [1.807, 2.05) is 0 Å². The van der Waals surface area contributed by atoms with E-state index in [-0.39, 0.29) is 29.2 Å². The number of aliphatic hydroxyl groups is 1. The third kappa shape index (κ3) is 2.56. The van der Waals surface area contributed by atoms with Gasteiger partial charge in [0.2, 0.25) is 0 Å². The van der Waals surface area contributed by atoms with Crippen LogP contribution in [0.15, 0.2) is 22.6 Å². The summed E-state index contributed by atoms with van der Waals surface area (Å²) in [6, 6.07) is 4.89. The monoisotopic (exact) mass is 291 g/mol. The summed E-state index contributed by atoms with van der Waals surface area (Å²) in [4.78, 5) is 14.6. The van der Waals surface area contributed by atoms with E-state index in [0.29, 0.717) is 12.1 Å². The molecule has 0 amide bonds. The van der Waals surface area contributed by atoms with Crippen molar-refractivity contribution in [2.24, 2.45) is 5.41 Å². The highest BCUT2D eigenvalue weighted by molar-refractivity contribution is 5.83. The van der Waals surface area contributed by atoms with Crippen molar-refractivity contribution >= 4 is 22.8 Å². The number of nitrogens with zero attached hydrogens (tertiary/aromatic N) is 2. The summed E-state index contributed by atoms with van der Waals surface area (Å²) < 4.78 is 5.50. The van der Waals surface area contributed by atoms with Gasteiger partial charge in [0.05, 0.1) is 11.5 Å². The standard InChI is InChI=1S/C14H17N3O4/c18-9-14(6-1-2-7-14)8-15-13-16-12-10(17(19)20)4-3-5-11(12)21-13/h3-5,18H,1-2,6-9H2,(H,15,16). The molecular formula is C14H17N3O4. The first-order chi connectivity index (χ1) is 10.1. The number of para-hydroxylation sites is 1. The van der Waals surface area contributed by atoms with Crippen molar-refractivity contribution in [2.45, 2.75) is 25.7 Å². The Morgan fingerprint density at radius 2 is 2.19 bits per heavy atom. The highest BCUT2D eigenvalue weighted by Crippen LogP contribution is 2.38. The van der Waals surface area contributed by atoms with Crippen molar-refractivity contribution in [2.75, 3.05) is 18.5 Å². The van der Waals surface area contributed by atoms with Gasteiger partial charge in [0.1, 0.15) is 0 Å². The van der Waals surface area contributed by atoms with E-state index in [2.05, 4.69) is 10.3 Å². The molecule has 0 saturated heterocycles. The molecule has 7 heteroatoms. The van der Waals surface area contributed by atoms with Gasteiger partial charge in [-0.15, -0.1) is 0 Å². The summed E-state index contributed by atoms with van der Waals surface area (Å²) in [6.45, 7) is 0.685. The Morgan fingerprint density at radius 3 is 2.86 bits per heavy atom. The van der Waals surface area contributed by atoms with Gasteiger partial charge >= 0.3 is 0 Å². The van der Waals surface area contributed by atoms with E-state index in [1.165, 1.54) is 6.07 Å². The van der Waals surface area contributed by atoms with Crippen LogP contribution in [0.1, 0.15) is 25.7 Å². The van der Waals surface area contributed by atoms with Crippen LogP contribution in [-0.4, -0.2) is 28.2 Å². The van der Waals surface area contributed by atoms with Gasteiger partial charge in [0.25, 0.3) is 11.7 Å². The first-order valence-electron chi connectivity index (χ1n) is 7.02. The number of aliphatic hydroxyl groups excluding tert-OH is 1. The molecule has 1 saturated carbocycles. The predicted octanol–water partition coefficient (Wildman–Crippen LogP) is 2.70. The molecule has 1 aromatic carbocycles. The molecule has 1 aliphatic rings. The van der Waals surface area contributed by atoms with E-state index in [0.717, 1.165) is 25.7 Å². The molecule has 112 valence electrons. The van der Waals surface area contributed by atoms with Crippen LogP contribution < -0.4 is 5.32 Å². The summed E-state index contributed by atoms with van der Waals surface area (Å²) in [5, 5.41) is 23.6. The van der Waals surface area contributed by atoms with Crippen LogP contribution in [-0.2, 0) is 0 Å². The van der Waals surface area contributed by atoms with Crippen LogP contribution in [0.25, 0.3) is 11.1 Å². The normalized spacial score (nSPS) is 17.2. The molecular weight excluding hydrogens is 274 g/mol. The molecule has 0 bridgehead atoms. The second kappa shape index (κ2) is 5.33. The number of aromatic nitrogens is 1. The molecule has 0 spiro atoms. The molecule has 0 radical (unpaired) electrons. The van der Waals surface area contributed by atoms with Gasteiger partial charge in [-0.2, -0.15) is 4.98 Å². The first kappa shape index (κ1) is 13.8. The number of anilines is 1. The molecule has 2 N–H and O–H groups in total. The van der Waals surface area contributed by atoms with Crippen molar-refractivity contribution < 1.29 is 14.4 Å². The SMILES string of the molecule is O=[N+]([O-])c1cccc2oc(NCC3(CO)CCCC3)nc12. The van der Waals surface area contributed by atoms with E-state index < -0.39 is 4.92 Å². The Kier molecular flexibility index (Phi) is 3.50. The smallest absolute Gasteiger partial charge is 0.298 e. The molecule has 7 nitrogen and oxygen atoms in total. The summed E-state index contributed by atoms with van der Waals surface area (Å²) in [6.07, 6.45) is 4.16. The lowest BCUT2D eigenvalue weighted by Gasteiger charge is -2.25. The molecule has 1 aromatic heterocycles. The Labute approximate surface area is 121 Å². The molecule has 1 aliphatic carbocycles. The van der Waals surface area contributed by atoms with E-state index in [1.54, 1.807) is 12.1 Å². The zero-order valence-electron chi connectivity index (χ0n) is 11.5. The van der Waals surface area contributed by atoms with Gasteiger partial charge in [-0.25, -0.2) is 0 Å². The fraction of sp³-hybridized carbons (Fsp3) is 0.500. The first-order valence-corrected chi connectivity index (χ1v) is 7.02. The lowest BCUT2D eigenvalue weighted by Crippen LogP contribution is -2.30. The topological polar surface area (TPSA) is 101 Å². The number of fused-ring (bicyclic) bond motifs is 1. The average molecular weight is 291 g/mol. The number of oxazole rings is 1. The van der Waals surface area contributed by atoms with Crippen molar-refractivity contribution in [1.29, 1.82) is 0 Å². The summed E-state index contributed by atoms with van der Waals surface area (Å²) in [5.41, 5.74) is 0.430. The molecule has 21 heavy (non-hydrogen) atoms. The third-order valence-electron chi connectivity index (χ3n) is 4.21. The van der Waals surface area contributed by atoms with Crippen LogP contribution in [0.3, 0.4) is 0 Å². The van der Waals surface area contributed by atoms with Gasteiger partial charge in [0.15, 0.2) is 11.1 Å². The Hall–Kier alpha value is -2.15. The fourth-order valence-electron chi connectivity index (χ4n) is 2.94. The number of hydrogen-bond donors (Lipinski definition) is 2. The fourth-order valence-corrected chi connectivity index (χ4v) is 2.94. The lowest BCUT2D eigenvalue weighted by molar-refractivity contribution is -0.383. The summed E-state index contributed by atoms with van der Waals surface area (Å²) in [7, 11) is 0. The van der Waals surface area contributed by atoms with Gasteiger partial charge in [0, 0.05) is 18.0 Å². The van der Waals surface area contributed by atoms with Crippen LogP contribution in [0, 0.1) is 15.5 Å². The van der Waals surface area contributed by atoms with Crippen LogP contribution in [0.4, 0.5) is 11.7 Å². The van der Waals surface area contributed by atoms with Crippen LogP contribution >= 0.6 is 0 Å². The van der Waals surface area contributed by atoms with Gasteiger partial charge < -0.3 is 14.8 Å². The molecule has 1 fully saturated rings. The number of rotatable bonds is 5.